The molecule has 2 aromatic carbocycles. The summed E-state index contributed by atoms with van der Waals surface area (Å²) in [5.41, 5.74) is 3.43. The van der Waals surface area contributed by atoms with Crippen LogP contribution in [0.1, 0.15) is 18.4 Å². The maximum Gasteiger partial charge on any atom is 0.229 e. The van der Waals surface area contributed by atoms with Crippen molar-refractivity contribution in [2.75, 3.05) is 11.4 Å². The largest absolute Gasteiger partial charge is 0.325 e. The van der Waals surface area contributed by atoms with Crippen LogP contribution in [0.25, 0.3) is 10.9 Å². The lowest BCUT2D eigenvalue weighted by atomic mass is 10.1. The summed E-state index contributed by atoms with van der Waals surface area (Å²) in [4.78, 5) is 6.77. The monoisotopic (exact) mass is 317 g/mol. The summed E-state index contributed by atoms with van der Waals surface area (Å²) in [6.45, 7) is 0.891. The first kappa shape index (κ1) is 14.6. The van der Waals surface area contributed by atoms with E-state index in [0.717, 1.165) is 48.9 Å². The summed E-state index contributed by atoms with van der Waals surface area (Å²) in [6, 6.07) is 16.3. The summed E-state index contributed by atoms with van der Waals surface area (Å²) in [7, 11) is 0. The minimum atomic E-state index is 0.0837. The molecule has 5 heteroatoms. The second kappa shape index (κ2) is 5.92. The van der Waals surface area contributed by atoms with Gasteiger partial charge in [-0.05, 0) is 43.0 Å². The molecule has 120 valence electrons. The van der Waals surface area contributed by atoms with Crippen LogP contribution in [-0.2, 0) is 6.42 Å². The van der Waals surface area contributed by atoms with Gasteiger partial charge in [-0.2, -0.15) is 4.98 Å². The number of nitrogens with zero attached hydrogens (tertiary/aromatic N) is 3. The Hall–Kier alpha value is -2.95. The fraction of sp³-hybridized carbons (Fsp3) is 0.211. The number of nitrogens with one attached hydrogen (secondary N) is 2. The smallest absolute Gasteiger partial charge is 0.229 e. The lowest BCUT2D eigenvalue weighted by Crippen LogP contribution is -2.28. The highest BCUT2D eigenvalue weighted by Gasteiger charge is 2.20. The van der Waals surface area contributed by atoms with E-state index in [1.807, 2.05) is 24.3 Å². The van der Waals surface area contributed by atoms with Crippen molar-refractivity contribution < 1.29 is 0 Å². The predicted octanol–water partition coefficient (Wildman–Crippen LogP) is 3.45. The molecule has 0 spiro atoms. The van der Waals surface area contributed by atoms with E-state index in [-0.39, 0.29) is 5.62 Å². The van der Waals surface area contributed by atoms with Crippen LogP contribution in [0.3, 0.4) is 0 Å². The summed E-state index contributed by atoms with van der Waals surface area (Å²) in [5, 5.41) is 16.8. The predicted molar refractivity (Wildman–Crippen MR) is 96.2 cm³/mol. The number of aryl methyl sites for hydroxylation is 1. The standard InChI is InChI=1S/C19H19N5/c20-13-24-17-11-4-2-9-15(17)18(22-19(24)21)23-12-6-5-8-14-7-1-3-10-16(14)23/h1-4,7,9-11,13,20-21H,5-6,8,12H2. The van der Waals surface area contributed by atoms with Crippen LogP contribution in [0.4, 0.5) is 11.5 Å². The molecule has 0 unspecified atom stereocenters. The van der Waals surface area contributed by atoms with Gasteiger partial charge in [0.15, 0.2) is 0 Å². The Labute approximate surface area is 140 Å². The van der Waals surface area contributed by atoms with Crippen molar-refractivity contribution in [1.29, 1.82) is 10.8 Å². The molecule has 5 nitrogen and oxygen atoms in total. The molecule has 2 N–H and O–H groups in total. The zero-order valence-electron chi connectivity index (χ0n) is 13.4. The highest BCUT2D eigenvalue weighted by Crippen LogP contribution is 2.34. The van der Waals surface area contributed by atoms with E-state index in [9.17, 15) is 0 Å². The molecule has 24 heavy (non-hydrogen) atoms. The molecule has 0 amide bonds. The Kier molecular flexibility index (Phi) is 3.61. The number of hydrogen-bond donors (Lipinski definition) is 2. The van der Waals surface area contributed by atoms with Gasteiger partial charge in [0.1, 0.15) is 5.82 Å². The topological polar surface area (TPSA) is 68.8 Å². The minimum absolute atomic E-state index is 0.0837. The summed E-state index contributed by atoms with van der Waals surface area (Å²) >= 11 is 0. The first-order chi connectivity index (χ1) is 11.8. The normalized spacial score (nSPS) is 14.2. The Morgan fingerprint density at radius 3 is 2.67 bits per heavy atom. The van der Waals surface area contributed by atoms with Gasteiger partial charge in [-0.15, -0.1) is 0 Å². The fourth-order valence-corrected chi connectivity index (χ4v) is 3.45. The van der Waals surface area contributed by atoms with Crippen LogP contribution in [-0.4, -0.2) is 22.4 Å². The van der Waals surface area contributed by atoms with Crippen LogP contribution in [0.15, 0.2) is 48.5 Å². The molecular formula is C19H19N5. The minimum Gasteiger partial charge on any atom is -0.325 e. The zero-order valence-corrected chi connectivity index (χ0v) is 13.4. The van der Waals surface area contributed by atoms with Gasteiger partial charge >= 0.3 is 0 Å². The molecule has 1 aliphatic rings. The first-order valence-electron chi connectivity index (χ1n) is 8.21. The van der Waals surface area contributed by atoms with E-state index in [4.69, 9.17) is 10.8 Å². The van der Waals surface area contributed by atoms with E-state index in [0.29, 0.717) is 0 Å². The molecule has 0 fully saturated rings. The van der Waals surface area contributed by atoms with E-state index >= 15 is 0 Å². The molecule has 1 aliphatic heterocycles. The van der Waals surface area contributed by atoms with Crippen LogP contribution in [0, 0.1) is 10.8 Å². The Morgan fingerprint density at radius 1 is 1.00 bits per heavy atom. The maximum absolute atomic E-state index is 8.22. The summed E-state index contributed by atoms with van der Waals surface area (Å²) < 4.78 is 1.50. The SMILES string of the molecule is N=Cn1c(=N)nc(N2CCCCc3ccccc32)c2ccccc21. The molecule has 0 saturated heterocycles. The molecule has 0 atom stereocenters. The Morgan fingerprint density at radius 2 is 1.79 bits per heavy atom. The first-order valence-corrected chi connectivity index (χ1v) is 8.21. The Balaban J connectivity index is 2.01. The maximum atomic E-state index is 8.22. The molecule has 1 aromatic heterocycles. The van der Waals surface area contributed by atoms with E-state index < -0.39 is 0 Å². The van der Waals surface area contributed by atoms with Gasteiger partial charge in [0.05, 0.1) is 11.9 Å². The number of fused-ring (bicyclic) bond motifs is 2. The third-order valence-corrected chi connectivity index (χ3v) is 4.59. The number of aromatic nitrogens is 2. The average molecular weight is 317 g/mol. The van der Waals surface area contributed by atoms with Crippen LogP contribution in [0.2, 0.25) is 0 Å². The average Bonchev–Trinajstić information content (AvgIpc) is 2.83. The van der Waals surface area contributed by atoms with Crippen molar-refractivity contribution in [2.45, 2.75) is 19.3 Å². The lowest BCUT2D eigenvalue weighted by Gasteiger charge is -2.25. The van der Waals surface area contributed by atoms with Gasteiger partial charge in [0.25, 0.3) is 0 Å². The third kappa shape index (κ3) is 2.29. The highest BCUT2D eigenvalue weighted by molar-refractivity contribution is 5.94. The van der Waals surface area contributed by atoms with Gasteiger partial charge in [0.2, 0.25) is 5.62 Å². The molecule has 0 aliphatic carbocycles. The number of benzene rings is 2. The van der Waals surface area contributed by atoms with Crippen LogP contribution in [0.5, 0.6) is 0 Å². The van der Waals surface area contributed by atoms with Crippen molar-refractivity contribution >= 4 is 28.7 Å². The fourth-order valence-electron chi connectivity index (χ4n) is 3.45. The van der Waals surface area contributed by atoms with E-state index in [1.54, 1.807) is 0 Å². The molecule has 0 radical (unpaired) electrons. The van der Waals surface area contributed by atoms with Gasteiger partial charge in [-0.1, -0.05) is 30.3 Å². The number of hydrogen-bond acceptors (Lipinski definition) is 4. The molecule has 0 bridgehead atoms. The van der Waals surface area contributed by atoms with Crippen molar-refractivity contribution in [2.24, 2.45) is 0 Å². The van der Waals surface area contributed by atoms with Gasteiger partial charge < -0.3 is 4.90 Å². The van der Waals surface area contributed by atoms with E-state index in [1.165, 1.54) is 15.8 Å². The second-order valence-electron chi connectivity index (χ2n) is 6.01. The quantitative estimate of drug-likeness (QED) is 0.561. The number of rotatable bonds is 2. The van der Waals surface area contributed by atoms with Crippen molar-refractivity contribution in [1.82, 2.24) is 9.55 Å². The second-order valence-corrected chi connectivity index (χ2v) is 6.01. The number of anilines is 2. The third-order valence-electron chi connectivity index (χ3n) is 4.59. The van der Waals surface area contributed by atoms with Crippen molar-refractivity contribution in [3.8, 4) is 0 Å². The van der Waals surface area contributed by atoms with Gasteiger partial charge in [-0.25, -0.2) is 0 Å². The summed E-state index contributed by atoms with van der Waals surface area (Å²) in [5.74, 6) is 0.808. The molecule has 0 saturated carbocycles. The van der Waals surface area contributed by atoms with E-state index in [2.05, 4.69) is 34.1 Å². The molecule has 2 heterocycles. The lowest BCUT2D eigenvalue weighted by molar-refractivity contribution is 0.755. The van der Waals surface area contributed by atoms with Gasteiger partial charge in [-0.3, -0.25) is 15.4 Å². The molecule has 3 aromatic rings. The van der Waals surface area contributed by atoms with Gasteiger partial charge in [0, 0.05) is 17.6 Å². The Bertz CT molecular complexity index is 973. The molecular weight excluding hydrogens is 298 g/mol. The summed E-state index contributed by atoms with van der Waals surface area (Å²) in [6.07, 6.45) is 4.48. The number of para-hydroxylation sites is 2. The van der Waals surface area contributed by atoms with Crippen LogP contribution >= 0.6 is 0 Å². The van der Waals surface area contributed by atoms with Crippen molar-refractivity contribution in [3.05, 3.63) is 59.7 Å². The van der Waals surface area contributed by atoms with Crippen LogP contribution < -0.4 is 10.5 Å². The van der Waals surface area contributed by atoms with Crippen molar-refractivity contribution in [3.63, 3.8) is 0 Å². The zero-order chi connectivity index (χ0) is 16.5. The molecule has 4 rings (SSSR count). The highest BCUT2D eigenvalue weighted by atomic mass is 15.2.